The molecule has 13 heavy (non-hydrogen) atoms. The Morgan fingerprint density at radius 2 is 2.08 bits per heavy atom. The highest BCUT2D eigenvalue weighted by molar-refractivity contribution is 5.93. The third-order valence-corrected chi connectivity index (χ3v) is 2.20. The molecule has 0 aromatic heterocycles. The molecular weight excluding hydrogens is 174 g/mol. The summed E-state index contributed by atoms with van der Waals surface area (Å²) in [5.41, 5.74) is -1.29. The molecule has 0 amide bonds. The standard InChI is InChI=1S/C8H9NO4/c1-12-6(10)5-3-8(5,4-9)7(11)13-2/h5H,3H2,1-2H3/t5-,8+/m0/s1. The first kappa shape index (κ1) is 9.52. The summed E-state index contributed by atoms with van der Waals surface area (Å²) in [5.74, 6) is -1.85. The Morgan fingerprint density at radius 1 is 1.46 bits per heavy atom. The summed E-state index contributed by atoms with van der Waals surface area (Å²) in [6.07, 6.45) is 0.197. The highest BCUT2D eigenvalue weighted by Gasteiger charge is 2.66. The molecule has 0 radical (unpaired) electrons. The van der Waals surface area contributed by atoms with Gasteiger partial charge in [0.25, 0.3) is 0 Å². The van der Waals surface area contributed by atoms with Crippen LogP contribution in [-0.4, -0.2) is 26.2 Å². The highest BCUT2D eigenvalue weighted by atomic mass is 16.5. The topological polar surface area (TPSA) is 76.4 Å². The monoisotopic (exact) mass is 183 g/mol. The van der Waals surface area contributed by atoms with Crippen LogP contribution in [0.1, 0.15) is 6.42 Å². The average Bonchev–Trinajstić information content (AvgIpc) is 2.91. The minimum absolute atomic E-state index is 0.197. The molecule has 0 spiro atoms. The Hall–Kier alpha value is -1.57. The van der Waals surface area contributed by atoms with Crippen molar-refractivity contribution in [3.63, 3.8) is 0 Å². The number of hydrogen-bond acceptors (Lipinski definition) is 5. The second-order valence-electron chi connectivity index (χ2n) is 2.85. The van der Waals surface area contributed by atoms with Crippen LogP contribution < -0.4 is 0 Å². The van der Waals surface area contributed by atoms with Gasteiger partial charge in [-0.15, -0.1) is 0 Å². The number of rotatable bonds is 2. The number of esters is 2. The fourth-order valence-electron chi connectivity index (χ4n) is 1.27. The van der Waals surface area contributed by atoms with Crippen LogP contribution >= 0.6 is 0 Å². The van der Waals surface area contributed by atoms with Gasteiger partial charge in [-0.05, 0) is 6.42 Å². The van der Waals surface area contributed by atoms with Crippen molar-refractivity contribution in [3.05, 3.63) is 0 Å². The lowest BCUT2D eigenvalue weighted by Gasteiger charge is -2.03. The van der Waals surface area contributed by atoms with Crippen molar-refractivity contribution >= 4 is 11.9 Å². The molecule has 0 aromatic carbocycles. The van der Waals surface area contributed by atoms with Crippen molar-refractivity contribution < 1.29 is 19.1 Å². The number of ether oxygens (including phenoxy) is 2. The molecule has 1 aliphatic carbocycles. The molecule has 0 saturated heterocycles. The van der Waals surface area contributed by atoms with E-state index in [1.54, 1.807) is 6.07 Å². The van der Waals surface area contributed by atoms with Crippen LogP contribution in [0, 0.1) is 22.7 Å². The zero-order chi connectivity index (χ0) is 10.1. The van der Waals surface area contributed by atoms with Gasteiger partial charge in [-0.2, -0.15) is 5.26 Å². The Kier molecular flexibility index (Phi) is 2.24. The second-order valence-corrected chi connectivity index (χ2v) is 2.85. The summed E-state index contributed by atoms with van der Waals surface area (Å²) in [5, 5.41) is 8.71. The van der Waals surface area contributed by atoms with Gasteiger partial charge in [-0.25, -0.2) is 0 Å². The first-order chi connectivity index (χ1) is 6.12. The molecule has 0 heterocycles. The second kappa shape index (κ2) is 3.05. The van der Waals surface area contributed by atoms with E-state index in [2.05, 4.69) is 9.47 Å². The van der Waals surface area contributed by atoms with E-state index in [0.717, 1.165) is 0 Å². The summed E-state index contributed by atoms with van der Waals surface area (Å²) in [6, 6.07) is 1.79. The van der Waals surface area contributed by atoms with Crippen LogP contribution in [0.25, 0.3) is 0 Å². The van der Waals surface area contributed by atoms with Crippen molar-refractivity contribution in [2.24, 2.45) is 11.3 Å². The molecule has 5 nitrogen and oxygen atoms in total. The molecule has 70 valence electrons. The van der Waals surface area contributed by atoms with E-state index < -0.39 is 23.3 Å². The smallest absolute Gasteiger partial charge is 0.327 e. The van der Waals surface area contributed by atoms with E-state index >= 15 is 0 Å². The number of methoxy groups -OCH3 is 2. The first-order valence-electron chi connectivity index (χ1n) is 3.70. The number of hydrogen-bond donors (Lipinski definition) is 0. The Morgan fingerprint density at radius 3 is 2.46 bits per heavy atom. The first-order valence-corrected chi connectivity index (χ1v) is 3.70. The molecule has 2 atom stereocenters. The molecule has 1 rings (SSSR count). The fourth-order valence-corrected chi connectivity index (χ4v) is 1.27. The van der Waals surface area contributed by atoms with E-state index in [0.29, 0.717) is 0 Å². The molecular formula is C8H9NO4. The van der Waals surface area contributed by atoms with Gasteiger partial charge in [0.05, 0.1) is 26.2 Å². The van der Waals surface area contributed by atoms with Gasteiger partial charge >= 0.3 is 11.9 Å². The van der Waals surface area contributed by atoms with Gasteiger partial charge in [0.15, 0.2) is 5.41 Å². The fraction of sp³-hybridized carbons (Fsp3) is 0.625. The van der Waals surface area contributed by atoms with Crippen LogP contribution in [0.3, 0.4) is 0 Å². The van der Waals surface area contributed by atoms with E-state index in [9.17, 15) is 9.59 Å². The van der Waals surface area contributed by atoms with Gasteiger partial charge in [0.2, 0.25) is 0 Å². The third kappa shape index (κ3) is 1.24. The van der Waals surface area contributed by atoms with Gasteiger partial charge in [-0.1, -0.05) is 0 Å². The predicted molar refractivity (Wildman–Crippen MR) is 40.2 cm³/mol. The zero-order valence-electron chi connectivity index (χ0n) is 7.36. The molecule has 1 fully saturated rings. The lowest BCUT2D eigenvalue weighted by atomic mass is 10.1. The minimum Gasteiger partial charge on any atom is -0.469 e. The van der Waals surface area contributed by atoms with Crippen molar-refractivity contribution in [2.45, 2.75) is 6.42 Å². The number of carbonyl (C=O) groups is 2. The number of carbonyl (C=O) groups excluding carboxylic acids is 2. The maximum Gasteiger partial charge on any atom is 0.327 e. The van der Waals surface area contributed by atoms with E-state index in [1.807, 2.05) is 0 Å². The van der Waals surface area contributed by atoms with Crippen LogP contribution in [-0.2, 0) is 19.1 Å². The summed E-state index contributed by atoms with van der Waals surface area (Å²) in [4.78, 5) is 22.1. The summed E-state index contributed by atoms with van der Waals surface area (Å²) in [6.45, 7) is 0. The Labute approximate surface area is 75.2 Å². The Balaban J connectivity index is 2.76. The number of nitriles is 1. The highest BCUT2D eigenvalue weighted by Crippen LogP contribution is 2.53. The molecule has 0 unspecified atom stereocenters. The number of nitrogens with zero attached hydrogens (tertiary/aromatic N) is 1. The predicted octanol–water partition coefficient (Wildman–Crippen LogP) is -0.138. The molecule has 0 bridgehead atoms. The van der Waals surface area contributed by atoms with Crippen LogP contribution in [0.15, 0.2) is 0 Å². The summed E-state index contributed by atoms with van der Waals surface area (Å²) in [7, 11) is 2.41. The van der Waals surface area contributed by atoms with Gasteiger partial charge < -0.3 is 9.47 Å². The Bertz CT molecular complexity index is 293. The van der Waals surface area contributed by atoms with Crippen LogP contribution in [0.4, 0.5) is 0 Å². The molecule has 0 aromatic rings. The van der Waals surface area contributed by atoms with Gasteiger partial charge in [0, 0.05) is 0 Å². The maximum atomic E-state index is 11.1. The molecule has 5 heteroatoms. The third-order valence-electron chi connectivity index (χ3n) is 2.20. The quantitative estimate of drug-likeness (QED) is 0.557. The molecule has 1 saturated carbocycles. The average molecular weight is 183 g/mol. The summed E-state index contributed by atoms with van der Waals surface area (Å²) >= 11 is 0. The molecule has 1 aliphatic rings. The van der Waals surface area contributed by atoms with Crippen LogP contribution in [0.2, 0.25) is 0 Å². The van der Waals surface area contributed by atoms with Crippen molar-refractivity contribution in [2.75, 3.05) is 14.2 Å². The lowest BCUT2D eigenvalue weighted by Crippen LogP contribution is -2.21. The summed E-state index contributed by atoms with van der Waals surface area (Å²) < 4.78 is 8.85. The zero-order valence-corrected chi connectivity index (χ0v) is 7.36. The largest absolute Gasteiger partial charge is 0.469 e. The van der Waals surface area contributed by atoms with E-state index in [1.165, 1.54) is 14.2 Å². The minimum atomic E-state index is -1.29. The lowest BCUT2D eigenvalue weighted by molar-refractivity contribution is -0.150. The van der Waals surface area contributed by atoms with Crippen molar-refractivity contribution in [1.82, 2.24) is 0 Å². The van der Waals surface area contributed by atoms with Crippen molar-refractivity contribution in [1.29, 1.82) is 5.26 Å². The molecule has 0 aliphatic heterocycles. The van der Waals surface area contributed by atoms with Crippen molar-refractivity contribution in [3.8, 4) is 6.07 Å². The normalized spacial score (nSPS) is 30.1. The molecule has 0 N–H and O–H groups in total. The van der Waals surface area contributed by atoms with Gasteiger partial charge in [-0.3, -0.25) is 9.59 Å². The maximum absolute atomic E-state index is 11.1. The van der Waals surface area contributed by atoms with Crippen LogP contribution in [0.5, 0.6) is 0 Å². The van der Waals surface area contributed by atoms with E-state index in [-0.39, 0.29) is 6.42 Å². The van der Waals surface area contributed by atoms with E-state index in [4.69, 9.17) is 5.26 Å². The SMILES string of the molecule is COC(=O)[C@@H]1C[C@]1(C#N)C(=O)OC. The van der Waals surface area contributed by atoms with Gasteiger partial charge in [0.1, 0.15) is 0 Å².